The predicted molar refractivity (Wildman–Crippen MR) is 104 cm³/mol. The first-order valence-electron chi connectivity index (χ1n) is 8.09. The fourth-order valence-corrected chi connectivity index (χ4v) is 4.06. The summed E-state index contributed by atoms with van der Waals surface area (Å²) in [6.45, 7) is 6.70. The molecule has 130 valence electrons. The molecule has 3 rings (SSSR count). The van der Waals surface area contributed by atoms with Gasteiger partial charge in [0.05, 0.1) is 10.1 Å². The van der Waals surface area contributed by atoms with Crippen molar-refractivity contribution in [1.29, 1.82) is 0 Å². The van der Waals surface area contributed by atoms with Gasteiger partial charge in [-0.05, 0) is 49.9 Å². The Bertz CT molecular complexity index is 858. The van der Waals surface area contributed by atoms with E-state index in [0.29, 0.717) is 0 Å². The summed E-state index contributed by atoms with van der Waals surface area (Å²) in [4.78, 5) is 13.6. The van der Waals surface area contributed by atoms with Gasteiger partial charge in [-0.3, -0.25) is 4.79 Å². The Morgan fingerprint density at radius 1 is 1.32 bits per heavy atom. The highest BCUT2D eigenvalue weighted by Gasteiger charge is 2.20. The van der Waals surface area contributed by atoms with Crippen molar-refractivity contribution < 1.29 is 4.79 Å². The minimum absolute atomic E-state index is 0.0427. The number of thiophene rings is 1. The van der Waals surface area contributed by atoms with Crippen LogP contribution in [0.5, 0.6) is 0 Å². The van der Waals surface area contributed by atoms with E-state index in [1.807, 2.05) is 60.2 Å². The number of nitrogens with zero attached hydrogens (tertiary/aromatic N) is 3. The van der Waals surface area contributed by atoms with E-state index in [-0.39, 0.29) is 11.2 Å². The number of hydrogen-bond acceptors (Lipinski definition) is 5. The van der Waals surface area contributed by atoms with E-state index in [4.69, 9.17) is 0 Å². The Kier molecular flexibility index (Phi) is 5.55. The molecular formula is C18H20N4OS2. The number of carbonyl (C=O) groups excluding carboxylic acids is 1. The van der Waals surface area contributed by atoms with Gasteiger partial charge in [0.1, 0.15) is 0 Å². The van der Waals surface area contributed by atoms with E-state index in [1.54, 1.807) is 11.3 Å². The summed E-state index contributed by atoms with van der Waals surface area (Å²) in [5.74, 6) is 0.810. The molecule has 2 heterocycles. The quantitative estimate of drug-likeness (QED) is 0.649. The van der Waals surface area contributed by atoms with Crippen molar-refractivity contribution in [2.75, 3.05) is 5.32 Å². The second-order valence-corrected chi connectivity index (χ2v) is 7.90. The van der Waals surface area contributed by atoms with E-state index in [9.17, 15) is 4.79 Å². The molecule has 0 saturated carbocycles. The summed E-state index contributed by atoms with van der Waals surface area (Å²) >= 11 is 3.06. The van der Waals surface area contributed by atoms with Crippen molar-refractivity contribution in [3.05, 3.63) is 47.3 Å². The molecule has 1 N–H and O–H groups in total. The van der Waals surface area contributed by atoms with Gasteiger partial charge in [-0.2, -0.15) is 0 Å². The number of benzene rings is 1. The number of nitrogens with one attached hydrogen (secondary N) is 1. The van der Waals surface area contributed by atoms with Crippen molar-refractivity contribution >= 4 is 34.7 Å². The first-order valence-corrected chi connectivity index (χ1v) is 9.85. The third kappa shape index (κ3) is 4.11. The molecule has 0 saturated heterocycles. The molecule has 3 aromatic rings. The lowest BCUT2D eigenvalue weighted by Crippen LogP contribution is -2.23. The highest BCUT2D eigenvalue weighted by Crippen LogP contribution is 2.29. The maximum Gasteiger partial charge on any atom is 0.237 e. The molecule has 0 fully saturated rings. The van der Waals surface area contributed by atoms with Crippen molar-refractivity contribution in [1.82, 2.24) is 14.8 Å². The molecular weight excluding hydrogens is 352 g/mol. The van der Waals surface area contributed by atoms with E-state index in [1.165, 1.54) is 11.8 Å². The standard InChI is InChI=1S/C18H20N4OS2/c1-4-22-16(15-9-6-10-24-15)20-21-18(22)25-13(3)17(23)19-14-8-5-7-12(2)11-14/h5-11,13H,4H2,1-3H3,(H,19,23)/t13-/m1/s1. The molecule has 0 aliphatic rings. The van der Waals surface area contributed by atoms with Gasteiger partial charge in [0.25, 0.3) is 0 Å². The van der Waals surface area contributed by atoms with Crippen molar-refractivity contribution in [2.45, 2.75) is 37.7 Å². The van der Waals surface area contributed by atoms with Crippen LogP contribution in [-0.4, -0.2) is 25.9 Å². The van der Waals surface area contributed by atoms with E-state index >= 15 is 0 Å². The molecule has 1 atom stereocenters. The summed E-state index contributed by atoms with van der Waals surface area (Å²) in [7, 11) is 0. The van der Waals surface area contributed by atoms with E-state index < -0.39 is 0 Å². The number of amides is 1. The van der Waals surface area contributed by atoms with E-state index in [0.717, 1.165) is 33.7 Å². The van der Waals surface area contributed by atoms with Gasteiger partial charge >= 0.3 is 0 Å². The molecule has 0 spiro atoms. The molecule has 0 aliphatic carbocycles. The molecule has 1 aromatic carbocycles. The Labute approximate surface area is 155 Å². The molecule has 0 bridgehead atoms. The van der Waals surface area contributed by atoms with Crippen LogP contribution in [0.15, 0.2) is 46.9 Å². The lowest BCUT2D eigenvalue weighted by Gasteiger charge is -2.13. The second kappa shape index (κ2) is 7.84. The number of aromatic nitrogens is 3. The van der Waals surface area contributed by atoms with Gasteiger partial charge in [-0.25, -0.2) is 0 Å². The van der Waals surface area contributed by atoms with Gasteiger partial charge in [0.15, 0.2) is 11.0 Å². The average Bonchev–Trinajstić information content (AvgIpc) is 3.23. The number of carbonyl (C=O) groups is 1. The first kappa shape index (κ1) is 17.7. The first-order chi connectivity index (χ1) is 12.1. The van der Waals surface area contributed by atoms with Crippen LogP contribution in [0, 0.1) is 6.92 Å². The van der Waals surface area contributed by atoms with Crippen LogP contribution in [0.1, 0.15) is 19.4 Å². The normalized spacial score (nSPS) is 12.1. The van der Waals surface area contributed by atoms with Gasteiger partial charge in [-0.15, -0.1) is 21.5 Å². The molecule has 2 aromatic heterocycles. The number of aryl methyl sites for hydroxylation is 1. The molecule has 0 aliphatic heterocycles. The number of hydrogen-bond donors (Lipinski definition) is 1. The van der Waals surface area contributed by atoms with Crippen LogP contribution < -0.4 is 5.32 Å². The zero-order valence-corrected chi connectivity index (χ0v) is 16.0. The second-order valence-electron chi connectivity index (χ2n) is 5.65. The summed E-state index contributed by atoms with van der Waals surface area (Å²) in [5, 5.41) is 14.1. The van der Waals surface area contributed by atoms with Gasteiger partial charge < -0.3 is 9.88 Å². The average molecular weight is 373 g/mol. The topological polar surface area (TPSA) is 59.8 Å². The lowest BCUT2D eigenvalue weighted by molar-refractivity contribution is -0.115. The Morgan fingerprint density at radius 3 is 2.84 bits per heavy atom. The van der Waals surface area contributed by atoms with Gasteiger partial charge in [0, 0.05) is 12.2 Å². The van der Waals surface area contributed by atoms with Crippen LogP contribution in [0.2, 0.25) is 0 Å². The van der Waals surface area contributed by atoms with Gasteiger partial charge in [0.2, 0.25) is 5.91 Å². The van der Waals surface area contributed by atoms with Crippen LogP contribution >= 0.6 is 23.1 Å². The maximum atomic E-state index is 12.5. The predicted octanol–water partition coefficient (Wildman–Crippen LogP) is 4.45. The number of anilines is 1. The molecule has 25 heavy (non-hydrogen) atoms. The van der Waals surface area contributed by atoms with Crippen molar-refractivity contribution in [3.63, 3.8) is 0 Å². The summed E-state index contributed by atoms with van der Waals surface area (Å²) in [6.07, 6.45) is 0. The smallest absolute Gasteiger partial charge is 0.237 e. The Morgan fingerprint density at radius 2 is 2.16 bits per heavy atom. The minimum atomic E-state index is -0.272. The molecule has 5 nitrogen and oxygen atoms in total. The monoisotopic (exact) mass is 372 g/mol. The van der Waals surface area contributed by atoms with Crippen molar-refractivity contribution in [2.24, 2.45) is 0 Å². The van der Waals surface area contributed by atoms with Crippen LogP contribution in [0.3, 0.4) is 0 Å². The fourth-order valence-electron chi connectivity index (χ4n) is 2.43. The van der Waals surface area contributed by atoms with Crippen LogP contribution in [0.4, 0.5) is 5.69 Å². The summed E-state index contributed by atoms with van der Waals surface area (Å²) < 4.78 is 2.05. The molecule has 7 heteroatoms. The lowest BCUT2D eigenvalue weighted by atomic mass is 10.2. The molecule has 0 unspecified atom stereocenters. The van der Waals surface area contributed by atoms with Crippen LogP contribution in [-0.2, 0) is 11.3 Å². The van der Waals surface area contributed by atoms with Crippen LogP contribution in [0.25, 0.3) is 10.7 Å². The fraction of sp³-hybridized carbons (Fsp3) is 0.278. The SMILES string of the molecule is CCn1c(S[C@H](C)C(=O)Nc2cccc(C)c2)nnc1-c1cccs1. The zero-order chi connectivity index (χ0) is 17.8. The third-order valence-electron chi connectivity index (χ3n) is 3.71. The molecule has 0 radical (unpaired) electrons. The number of rotatable bonds is 6. The van der Waals surface area contributed by atoms with Gasteiger partial charge in [-0.1, -0.05) is 30.0 Å². The van der Waals surface area contributed by atoms with E-state index in [2.05, 4.69) is 22.4 Å². The van der Waals surface area contributed by atoms with Crippen molar-refractivity contribution in [3.8, 4) is 10.7 Å². The maximum absolute atomic E-state index is 12.5. The summed E-state index contributed by atoms with van der Waals surface area (Å²) in [5.41, 5.74) is 1.93. The number of thioether (sulfide) groups is 1. The minimum Gasteiger partial charge on any atom is -0.325 e. The third-order valence-corrected chi connectivity index (χ3v) is 5.66. The zero-order valence-electron chi connectivity index (χ0n) is 14.4. The summed E-state index contributed by atoms with van der Waals surface area (Å²) in [6, 6.07) is 11.8. The highest BCUT2D eigenvalue weighted by molar-refractivity contribution is 8.00. The molecule has 1 amide bonds. The largest absolute Gasteiger partial charge is 0.325 e. The Hall–Kier alpha value is -2.12. The Balaban J connectivity index is 1.72. The highest BCUT2D eigenvalue weighted by atomic mass is 32.2.